The number of carbonyl (C=O) groups is 3. The van der Waals surface area contributed by atoms with Gasteiger partial charge in [-0.3, -0.25) is 14.4 Å². The Morgan fingerprint density at radius 2 is 2.05 bits per heavy atom. The molecule has 1 saturated carbocycles. The number of rotatable bonds is 3. The summed E-state index contributed by atoms with van der Waals surface area (Å²) in [6.07, 6.45) is 2.86. The standard InChI is InChI=1S/C16H18N2O4/c19-14-6-3-9-7-10(2-5-13(9)18-14)15(20)17-12-4-1-11(8-12)16(21)22/h2,5,7,11-12H,1,3-4,6,8H2,(H,17,20)(H,18,19)(H,21,22)/t11-,12+/m0/s1. The summed E-state index contributed by atoms with van der Waals surface area (Å²) in [5, 5.41) is 14.7. The average Bonchev–Trinajstić information content (AvgIpc) is 2.95. The number of amides is 2. The number of aliphatic carboxylic acids is 1. The van der Waals surface area contributed by atoms with Crippen molar-refractivity contribution in [3.8, 4) is 0 Å². The molecule has 6 heteroatoms. The molecule has 0 spiro atoms. The van der Waals surface area contributed by atoms with E-state index in [1.165, 1.54) is 0 Å². The molecule has 1 heterocycles. The molecule has 3 N–H and O–H groups in total. The Morgan fingerprint density at radius 1 is 1.23 bits per heavy atom. The number of fused-ring (bicyclic) bond motifs is 1. The van der Waals surface area contributed by atoms with E-state index in [1.807, 2.05) is 0 Å². The fourth-order valence-corrected chi connectivity index (χ4v) is 3.13. The predicted molar refractivity (Wildman–Crippen MR) is 79.6 cm³/mol. The zero-order chi connectivity index (χ0) is 15.7. The van der Waals surface area contributed by atoms with E-state index in [2.05, 4.69) is 10.6 Å². The van der Waals surface area contributed by atoms with Crippen molar-refractivity contribution in [2.75, 3.05) is 5.32 Å². The number of hydrogen-bond donors (Lipinski definition) is 3. The van der Waals surface area contributed by atoms with Gasteiger partial charge in [-0.05, 0) is 49.4 Å². The van der Waals surface area contributed by atoms with Crippen molar-refractivity contribution in [2.45, 2.75) is 38.1 Å². The van der Waals surface area contributed by atoms with Crippen LogP contribution in [-0.4, -0.2) is 28.9 Å². The fourth-order valence-electron chi connectivity index (χ4n) is 3.13. The molecule has 6 nitrogen and oxygen atoms in total. The third kappa shape index (κ3) is 2.95. The van der Waals surface area contributed by atoms with E-state index in [1.54, 1.807) is 18.2 Å². The molecule has 1 aromatic carbocycles. The SMILES string of the molecule is O=C1CCc2cc(C(=O)N[C@@H]3CC[C@H](C(=O)O)C3)ccc2N1. The number of nitrogens with one attached hydrogen (secondary N) is 2. The van der Waals surface area contributed by atoms with Crippen molar-refractivity contribution in [1.82, 2.24) is 5.32 Å². The van der Waals surface area contributed by atoms with Crippen molar-refractivity contribution in [1.29, 1.82) is 0 Å². The summed E-state index contributed by atoms with van der Waals surface area (Å²) < 4.78 is 0. The maximum atomic E-state index is 12.3. The van der Waals surface area contributed by atoms with Crippen LogP contribution in [0.15, 0.2) is 18.2 Å². The summed E-state index contributed by atoms with van der Waals surface area (Å²) in [7, 11) is 0. The summed E-state index contributed by atoms with van der Waals surface area (Å²) in [5.74, 6) is -1.34. The predicted octanol–water partition coefficient (Wildman–Crippen LogP) is 1.55. The minimum atomic E-state index is -0.790. The molecule has 116 valence electrons. The van der Waals surface area contributed by atoms with Gasteiger partial charge in [-0.2, -0.15) is 0 Å². The molecule has 1 aliphatic heterocycles. The van der Waals surface area contributed by atoms with E-state index in [0.717, 1.165) is 11.3 Å². The molecule has 0 radical (unpaired) electrons. The Bertz CT molecular complexity index is 641. The second kappa shape index (κ2) is 5.79. The Hall–Kier alpha value is -2.37. The molecule has 2 aliphatic rings. The van der Waals surface area contributed by atoms with Gasteiger partial charge in [0.15, 0.2) is 0 Å². The molecule has 0 saturated heterocycles. The van der Waals surface area contributed by atoms with Gasteiger partial charge in [-0.1, -0.05) is 0 Å². The summed E-state index contributed by atoms with van der Waals surface area (Å²) in [4.78, 5) is 34.5. The van der Waals surface area contributed by atoms with Crippen molar-refractivity contribution < 1.29 is 19.5 Å². The zero-order valence-corrected chi connectivity index (χ0v) is 12.1. The normalized spacial score (nSPS) is 23.5. The van der Waals surface area contributed by atoms with Crippen molar-refractivity contribution in [3.63, 3.8) is 0 Å². The average molecular weight is 302 g/mol. The number of carboxylic acids is 1. The van der Waals surface area contributed by atoms with Crippen LogP contribution in [0.3, 0.4) is 0 Å². The van der Waals surface area contributed by atoms with Crippen LogP contribution in [0.25, 0.3) is 0 Å². The summed E-state index contributed by atoms with van der Waals surface area (Å²) in [6, 6.07) is 5.15. The topological polar surface area (TPSA) is 95.5 Å². The van der Waals surface area contributed by atoms with E-state index in [9.17, 15) is 14.4 Å². The first-order valence-electron chi connectivity index (χ1n) is 7.49. The Balaban J connectivity index is 1.66. The monoisotopic (exact) mass is 302 g/mol. The maximum absolute atomic E-state index is 12.3. The van der Waals surface area contributed by atoms with Gasteiger partial charge in [-0.15, -0.1) is 0 Å². The lowest BCUT2D eigenvalue weighted by Gasteiger charge is -2.18. The van der Waals surface area contributed by atoms with Crippen LogP contribution < -0.4 is 10.6 Å². The van der Waals surface area contributed by atoms with Crippen LogP contribution in [0, 0.1) is 5.92 Å². The summed E-state index contributed by atoms with van der Waals surface area (Å²) in [6.45, 7) is 0. The highest BCUT2D eigenvalue weighted by atomic mass is 16.4. The second-order valence-electron chi connectivity index (χ2n) is 5.94. The quantitative estimate of drug-likeness (QED) is 0.789. The lowest BCUT2D eigenvalue weighted by molar-refractivity contribution is -0.141. The van der Waals surface area contributed by atoms with Gasteiger partial charge in [0.05, 0.1) is 5.92 Å². The third-order valence-electron chi connectivity index (χ3n) is 4.38. The smallest absolute Gasteiger partial charge is 0.306 e. The Kier molecular flexibility index (Phi) is 3.83. The first kappa shape index (κ1) is 14.6. The fraction of sp³-hybridized carbons (Fsp3) is 0.438. The molecule has 1 fully saturated rings. The lowest BCUT2D eigenvalue weighted by atomic mass is 10.00. The van der Waals surface area contributed by atoms with Crippen LogP contribution in [0.1, 0.15) is 41.6 Å². The number of carbonyl (C=O) groups excluding carboxylic acids is 2. The number of carboxylic acid groups (broad SMARTS) is 1. The van der Waals surface area contributed by atoms with Crippen LogP contribution >= 0.6 is 0 Å². The number of benzene rings is 1. The molecular formula is C16H18N2O4. The molecule has 2 amide bonds. The molecule has 0 unspecified atom stereocenters. The van der Waals surface area contributed by atoms with Crippen LogP contribution in [-0.2, 0) is 16.0 Å². The van der Waals surface area contributed by atoms with Gasteiger partial charge in [0.2, 0.25) is 5.91 Å². The highest BCUT2D eigenvalue weighted by Gasteiger charge is 2.30. The molecule has 0 bridgehead atoms. The minimum absolute atomic E-state index is 0.00429. The molecule has 22 heavy (non-hydrogen) atoms. The first-order valence-corrected chi connectivity index (χ1v) is 7.49. The van der Waals surface area contributed by atoms with Crippen LogP contribution in [0.4, 0.5) is 5.69 Å². The van der Waals surface area contributed by atoms with Crippen LogP contribution in [0.5, 0.6) is 0 Å². The van der Waals surface area contributed by atoms with Gasteiger partial charge in [-0.25, -0.2) is 0 Å². The van der Waals surface area contributed by atoms with Gasteiger partial charge in [0.25, 0.3) is 5.91 Å². The van der Waals surface area contributed by atoms with E-state index in [0.29, 0.717) is 37.7 Å². The zero-order valence-electron chi connectivity index (χ0n) is 12.1. The largest absolute Gasteiger partial charge is 0.481 e. The van der Waals surface area contributed by atoms with Gasteiger partial charge >= 0.3 is 5.97 Å². The van der Waals surface area contributed by atoms with E-state index in [4.69, 9.17) is 5.11 Å². The maximum Gasteiger partial charge on any atom is 0.306 e. The van der Waals surface area contributed by atoms with E-state index >= 15 is 0 Å². The molecule has 1 aliphatic carbocycles. The number of aryl methyl sites for hydroxylation is 1. The van der Waals surface area contributed by atoms with Gasteiger partial charge in [0, 0.05) is 23.7 Å². The molecule has 3 rings (SSSR count). The molecule has 1 aromatic rings. The Morgan fingerprint density at radius 3 is 2.77 bits per heavy atom. The third-order valence-corrected chi connectivity index (χ3v) is 4.38. The van der Waals surface area contributed by atoms with Crippen molar-refractivity contribution in [2.24, 2.45) is 5.92 Å². The Labute approximate surface area is 127 Å². The lowest BCUT2D eigenvalue weighted by Crippen LogP contribution is -2.33. The molecular weight excluding hydrogens is 284 g/mol. The van der Waals surface area contributed by atoms with Crippen molar-refractivity contribution >= 4 is 23.5 Å². The van der Waals surface area contributed by atoms with Gasteiger partial charge < -0.3 is 15.7 Å². The number of anilines is 1. The van der Waals surface area contributed by atoms with Crippen molar-refractivity contribution in [3.05, 3.63) is 29.3 Å². The summed E-state index contributed by atoms with van der Waals surface area (Å²) >= 11 is 0. The second-order valence-corrected chi connectivity index (χ2v) is 5.94. The van der Waals surface area contributed by atoms with E-state index < -0.39 is 5.97 Å². The highest BCUT2D eigenvalue weighted by molar-refractivity contribution is 5.98. The van der Waals surface area contributed by atoms with Gasteiger partial charge in [0.1, 0.15) is 0 Å². The number of hydrogen-bond acceptors (Lipinski definition) is 3. The van der Waals surface area contributed by atoms with Crippen LogP contribution in [0.2, 0.25) is 0 Å². The molecule has 2 atom stereocenters. The first-order chi connectivity index (χ1) is 10.5. The molecule has 0 aromatic heterocycles. The highest BCUT2D eigenvalue weighted by Crippen LogP contribution is 2.27. The minimum Gasteiger partial charge on any atom is -0.481 e. The van der Waals surface area contributed by atoms with E-state index in [-0.39, 0.29) is 23.8 Å². The summed E-state index contributed by atoms with van der Waals surface area (Å²) in [5.41, 5.74) is 2.27.